The first-order chi connectivity index (χ1) is 8.25. The zero-order chi connectivity index (χ0) is 12.5. The van der Waals surface area contributed by atoms with E-state index in [1.165, 1.54) is 11.1 Å². The molecule has 1 aromatic carbocycles. The van der Waals surface area contributed by atoms with Crippen LogP contribution in [0.5, 0.6) is 5.75 Å². The molecule has 0 saturated carbocycles. The molecule has 1 N–H and O–H groups in total. The van der Waals surface area contributed by atoms with Gasteiger partial charge in [0.25, 0.3) is 0 Å². The van der Waals surface area contributed by atoms with Gasteiger partial charge in [-0.2, -0.15) is 0 Å². The topological polar surface area (TPSA) is 30.5 Å². The van der Waals surface area contributed by atoms with Gasteiger partial charge in [0.05, 0.1) is 13.2 Å². The van der Waals surface area contributed by atoms with Crippen LogP contribution in [0.3, 0.4) is 0 Å². The van der Waals surface area contributed by atoms with Gasteiger partial charge < -0.3 is 14.8 Å². The minimum absolute atomic E-state index is 0.609. The molecule has 3 heteroatoms. The molecule has 0 unspecified atom stereocenters. The average Bonchev–Trinajstić information content (AvgIpc) is 2.31. The van der Waals surface area contributed by atoms with Crippen LogP contribution in [0.4, 0.5) is 0 Å². The summed E-state index contributed by atoms with van der Waals surface area (Å²) in [7, 11) is 0. The lowest BCUT2D eigenvalue weighted by Gasteiger charge is -2.12. The van der Waals surface area contributed by atoms with Crippen LogP contribution in [-0.4, -0.2) is 32.9 Å². The van der Waals surface area contributed by atoms with Gasteiger partial charge in [-0.1, -0.05) is 25.1 Å². The van der Waals surface area contributed by atoms with E-state index in [-0.39, 0.29) is 0 Å². The van der Waals surface area contributed by atoms with E-state index in [9.17, 15) is 0 Å². The Balaban J connectivity index is 2.18. The highest BCUT2D eigenvalue weighted by Crippen LogP contribution is 2.21. The minimum Gasteiger partial charge on any atom is -0.491 e. The number of rotatable bonds is 8. The van der Waals surface area contributed by atoms with E-state index in [1.54, 1.807) is 0 Å². The number of hydrogen-bond donors (Lipinski definition) is 1. The molecule has 3 nitrogen and oxygen atoms in total. The van der Waals surface area contributed by atoms with Gasteiger partial charge in [-0.3, -0.25) is 0 Å². The standard InChI is InChI=1S/C14H23NO2/c1-4-15-8-9-16-10-11-17-14-12(2)6-5-7-13(14)3/h5-7,15H,4,8-11H2,1-3H3. The second-order valence-corrected chi connectivity index (χ2v) is 4.04. The third-order valence-electron chi connectivity index (χ3n) is 2.56. The van der Waals surface area contributed by atoms with E-state index < -0.39 is 0 Å². The van der Waals surface area contributed by atoms with Crippen LogP contribution in [0.15, 0.2) is 18.2 Å². The van der Waals surface area contributed by atoms with E-state index >= 15 is 0 Å². The van der Waals surface area contributed by atoms with Crippen molar-refractivity contribution in [1.82, 2.24) is 5.32 Å². The highest BCUT2D eigenvalue weighted by molar-refractivity contribution is 5.39. The lowest BCUT2D eigenvalue weighted by atomic mass is 10.1. The molecule has 0 radical (unpaired) electrons. The maximum atomic E-state index is 5.73. The maximum absolute atomic E-state index is 5.73. The summed E-state index contributed by atoms with van der Waals surface area (Å²) in [5.41, 5.74) is 2.36. The summed E-state index contributed by atoms with van der Waals surface area (Å²) >= 11 is 0. The van der Waals surface area contributed by atoms with Gasteiger partial charge in [0.15, 0.2) is 0 Å². The number of likely N-dealkylation sites (N-methyl/N-ethyl adjacent to an activating group) is 1. The minimum atomic E-state index is 0.609. The molecule has 0 saturated heterocycles. The van der Waals surface area contributed by atoms with E-state index in [4.69, 9.17) is 9.47 Å². The fourth-order valence-corrected chi connectivity index (χ4v) is 1.65. The van der Waals surface area contributed by atoms with Gasteiger partial charge in [0.1, 0.15) is 12.4 Å². The van der Waals surface area contributed by atoms with Gasteiger partial charge in [-0.05, 0) is 31.5 Å². The second kappa shape index (κ2) is 8.09. The molecule has 96 valence electrons. The Morgan fingerprint density at radius 2 is 1.76 bits per heavy atom. The number of hydrogen-bond acceptors (Lipinski definition) is 3. The Morgan fingerprint density at radius 3 is 2.41 bits per heavy atom. The monoisotopic (exact) mass is 237 g/mol. The summed E-state index contributed by atoms with van der Waals surface area (Å²) < 4.78 is 11.2. The number of aryl methyl sites for hydroxylation is 2. The predicted octanol–water partition coefficient (Wildman–Crippen LogP) is 2.31. The molecule has 0 spiro atoms. The van der Waals surface area contributed by atoms with E-state index in [1.807, 2.05) is 6.07 Å². The molecule has 0 bridgehead atoms. The van der Waals surface area contributed by atoms with E-state index in [0.29, 0.717) is 13.2 Å². The summed E-state index contributed by atoms with van der Waals surface area (Å²) in [6.07, 6.45) is 0. The zero-order valence-electron chi connectivity index (χ0n) is 11.1. The molecule has 17 heavy (non-hydrogen) atoms. The SMILES string of the molecule is CCNCCOCCOc1c(C)cccc1C. The van der Waals surface area contributed by atoms with Gasteiger partial charge in [-0.15, -0.1) is 0 Å². The quantitative estimate of drug-likeness (QED) is 0.704. The van der Waals surface area contributed by atoms with Crippen molar-refractivity contribution in [3.63, 3.8) is 0 Å². The average molecular weight is 237 g/mol. The summed E-state index contributed by atoms with van der Waals surface area (Å²) in [4.78, 5) is 0. The van der Waals surface area contributed by atoms with Crippen LogP contribution in [0.25, 0.3) is 0 Å². The van der Waals surface area contributed by atoms with Crippen molar-refractivity contribution in [3.05, 3.63) is 29.3 Å². The van der Waals surface area contributed by atoms with Crippen molar-refractivity contribution in [2.75, 3.05) is 32.9 Å². The third-order valence-corrected chi connectivity index (χ3v) is 2.56. The van der Waals surface area contributed by atoms with E-state index in [2.05, 4.69) is 38.2 Å². The van der Waals surface area contributed by atoms with Gasteiger partial charge in [-0.25, -0.2) is 0 Å². The summed E-state index contributed by atoms with van der Waals surface area (Å²) in [6, 6.07) is 6.17. The zero-order valence-corrected chi connectivity index (χ0v) is 11.1. The van der Waals surface area contributed by atoms with Gasteiger partial charge >= 0.3 is 0 Å². The molecule has 1 aromatic rings. The smallest absolute Gasteiger partial charge is 0.125 e. The summed E-state index contributed by atoms with van der Waals surface area (Å²) in [5, 5.41) is 3.21. The Hall–Kier alpha value is -1.06. The fraction of sp³-hybridized carbons (Fsp3) is 0.571. The first-order valence-corrected chi connectivity index (χ1v) is 6.23. The summed E-state index contributed by atoms with van der Waals surface area (Å²) in [5.74, 6) is 0.989. The van der Waals surface area contributed by atoms with Crippen LogP contribution >= 0.6 is 0 Å². The van der Waals surface area contributed by atoms with Crippen LogP contribution in [0, 0.1) is 13.8 Å². The van der Waals surface area contributed by atoms with Crippen molar-refractivity contribution < 1.29 is 9.47 Å². The number of ether oxygens (including phenoxy) is 2. The number of benzene rings is 1. The number of para-hydroxylation sites is 1. The van der Waals surface area contributed by atoms with Crippen LogP contribution < -0.4 is 10.1 Å². The maximum Gasteiger partial charge on any atom is 0.125 e. The van der Waals surface area contributed by atoms with Crippen LogP contribution in [0.1, 0.15) is 18.1 Å². The Kier molecular flexibility index (Phi) is 6.67. The molecule has 0 amide bonds. The predicted molar refractivity (Wildman–Crippen MR) is 70.8 cm³/mol. The Morgan fingerprint density at radius 1 is 1.06 bits per heavy atom. The highest BCUT2D eigenvalue weighted by Gasteiger charge is 2.02. The molecule has 0 aliphatic rings. The molecular formula is C14H23NO2. The normalized spacial score (nSPS) is 10.5. The molecule has 1 rings (SSSR count). The van der Waals surface area contributed by atoms with Crippen molar-refractivity contribution in [3.8, 4) is 5.75 Å². The van der Waals surface area contributed by atoms with Crippen molar-refractivity contribution in [2.45, 2.75) is 20.8 Å². The molecular weight excluding hydrogens is 214 g/mol. The van der Waals surface area contributed by atoms with Crippen molar-refractivity contribution in [2.24, 2.45) is 0 Å². The molecule has 0 aliphatic carbocycles. The van der Waals surface area contributed by atoms with Crippen LogP contribution in [-0.2, 0) is 4.74 Å². The van der Waals surface area contributed by atoms with Crippen LogP contribution in [0.2, 0.25) is 0 Å². The first kappa shape index (κ1) is 14.0. The lowest BCUT2D eigenvalue weighted by molar-refractivity contribution is 0.102. The largest absolute Gasteiger partial charge is 0.491 e. The van der Waals surface area contributed by atoms with Crippen molar-refractivity contribution >= 4 is 0 Å². The molecule has 0 aliphatic heterocycles. The third kappa shape index (κ3) is 5.20. The number of nitrogens with one attached hydrogen (secondary N) is 1. The first-order valence-electron chi connectivity index (χ1n) is 6.23. The van der Waals surface area contributed by atoms with Crippen molar-refractivity contribution in [1.29, 1.82) is 0 Å². The Bertz CT molecular complexity index is 306. The van der Waals surface area contributed by atoms with Gasteiger partial charge in [0.2, 0.25) is 0 Å². The molecule has 0 heterocycles. The van der Waals surface area contributed by atoms with E-state index in [0.717, 1.165) is 25.4 Å². The lowest BCUT2D eigenvalue weighted by Crippen LogP contribution is -2.20. The molecule has 0 aromatic heterocycles. The molecule has 0 atom stereocenters. The Labute approximate surface area is 104 Å². The second-order valence-electron chi connectivity index (χ2n) is 4.04. The highest BCUT2D eigenvalue weighted by atomic mass is 16.5. The van der Waals surface area contributed by atoms with Gasteiger partial charge in [0, 0.05) is 6.54 Å². The summed E-state index contributed by atoms with van der Waals surface area (Å²) in [6.45, 7) is 10.1. The fourth-order valence-electron chi connectivity index (χ4n) is 1.65. The molecule has 0 fully saturated rings.